The number of nitrogens with one attached hydrogen (secondary N) is 3. The molecule has 0 radical (unpaired) electrons. The number of esters is 2. The number of nitrogens with zero attached hydrogens (tertiary/aromatic N) is 1. The number of benzene rings is 1. The zero-order chi connectivity index (χ0) is 34.9. The maximum atomic E-state index is 13.0. The zero-order valence-corrected chi connectivity index (χ0v) is 27.5. The van der Waals surface area contributed by atoms with Crippen LogP contribution in [0.1, 0.15) is 59.4 Å². The lowest BCUT2D eigenvalue weighted by Crippen LogP contribution is -2.50. The lowest BCUT2D eigenvalue weighted by Gasteiger charge is -2.23. The number of hydrogen-bond acceptors (Lipinski definition) is 11. The first-order chi connectivity index (χ1) is 21.5. The third kappa shape index (κ3) is 17.0. The van der Waals surface area contributed by atoms with Gasteiger partial charge in [-0.05, 0) is 38.7 Å². The largest absolute Gasteiger partial charge is 0.516 e. The van der Waals surface area contributed by atoms with Gasteiger partial charge in [0.05, 0.1) is 13.7 Å². The van der Waals surface area contributed by atoms with E-state index in [0.717, 1.165) is 17.6 Å². The van der Waals surface area contributed by atoms with Crippen molar-refractivity contribution in [3.63, 3.8) is 0 Å². The highest BCUT2D eigenvalue weighted by atomic mass is 16.7. The van der Waals surface area contributed by atoms with Crippen molar-refractivity contribution in [3.8, 4) is 0 Å². The molecule has 0 aliphatic heterocycles. The molecule has 0 fully saturated rings. The van der Waals surface area contributed by atoms with Crippen LogP contribution in [0, 0.1) is 5.92 Å². The standard InChI is InChI=1S/C31H46N4O11/c1-20(2)19-44-30(42)45-26(38)18-35(6)25(37)14-13-22(28(40)43-7)33-24(36)15-16-32-27(39)23(17-21-11-9-8-10-12-21)34-29(41)46-31(3,4)5/h8-12,20,22-23H,13-19H2,1-7H3,(H,32,39)(H,33,36)(H,34,41)/t22-,23+/m1/s1. The van der Waals surface area contributed by atoms with Crippen molar-refractivity contribution in [3.05, 3.63) is 35.9 Å². The predicted octanol–water partition coefficient (Wildman–Crippen LogP) is 1.86. The van der Waals surface area contributed by atoms with Crippen LogP contribution in [0.5, 0.6) is 0 Å². The third-order valence-corrected chi connectivity index (χ3v) is 5.93. The van der Waals surface area contributed by atoms with Crippen molar-refractivity contribution in [2.75, 3.05) is 33.9 Å². The number of methoxy groups -OCH3 is 1. The second-order valence-electron chi connectivity index (χ2n) is 11.8. The van der Waals surface area contributed by atoms with Gasteiger partial charge in [0, 0.05) is 32.9 Å². The maximum absolute atomic E-state index is 13.0. The van der Waals surface area contributed by atoms with Crippen LogP contribution in [-0.2, 0) is 49.3 Å². The van der Waals surface area contributed by atoms with Gasteiger partial charge in [-0.1, -0.05) is 44.2 Å². The summed E-state index contributed by atoms with van der Waals surface area (Å²) in [5.41, 5.74) is 0.0133. The Balaban J connectivity index is 2.65. The zero-order valence-electron chi connectivity index (χ0n) is 27.5. The highest BCUT2D eigenvalue weighted by molar-refractivity contribution is 5.89. The summed E-state index contributed by atoms with van der Waals surface area (Å²) in [7, 11) is 2.43. The maximum Gasteiger partial charge on any atom is 0.516 e. The van der Waals surface area contributed by atoms with Crippen LogP contribution in [0.15, 0.2) is 30.3 Å². The molecule has 15 heteroatoms. The van der Waals surface area contributed by atoms with Crippen LogP contribution >= 0.6 is 0 Å². The number of rotatable bonds is 16. The summed E-state index contributed by atoms with van der Waals surface area (Å²) in [4.78, 5) is 87.2. The lowest BCUT2D eigenvalue weighted by atomic mass is 10.1. The van der Waals surface area contributed by atoms with E-state index < -0.39 is 66.1 Å². The van der Waals surface area contributed by atoms with Gasteiger partial charge < -0.3 is 39.8 Å². The lowest BCUT2D eigenvalue weighted by molar-refractivity contribution is -0.147. The van der Waals surface area contributed by atoms with E-state index in [2.05, 4.69) is 20.7 Å². The second-order valence-corrected chi connectivity index (χ2v) is 11.8. The fourth-order valence-corrected chi connectivity index (χ4v) is 3.72. The molecule has 0 heterocycles. The molecule has 0 bridgehead atoms. The number of alkyl carbamates (subject to hydrolysis) is 1. The van der Waals surface area contributed by atoms with Gasteiger partial charge >= 0.3 is 24.2 Å². The predicted molar refractivity (Wildman–Crippen MR) is 164 cm³/mol. The molecule has 1 aromatic carbocycles. The fraction of sp³-hybridized carbons (Fsp3) is 0.581. The molecule has 0 aliphatic rings. The molecular weight excluding hydrogens is 604 g/mol. The highest BCUT2D eigenvalue weighted by Gasteiger charge is 2.27. The van der Waals surface area contributed by atoms with Crippen LogP contribution in [0.3, 0.4) is 0 Å². The Morgan fingerprint density at radius 1 is 0.913 bits per heavy atom. The van der Waals surface area contributed by atoms with Crippen LogP contribution in [0.25, 0.3) is 0 Å². The average Bonchev–Trinajstić information content (AvgIpc) is 2.96. The first-order valence-electron chi connectivity index (χ1n) is 14.8. The molecule has 0 aromatic heterocycles. The smallest absolute Gasteiger partial charge is 0.467 e. The summed E-state index contributed by atoms with van der Waals surface area (Å²) < 4.78 is 19.3. The van der Waals surface area contributed by atoms with E-state index in [-0.39, 0.29) is 44.8 Å². The topological polar surface area (TPSA) is 196 Å². The Kier molecular flexibility index (Phi) is 16.8. The summed E-state index contributed by atoms with van der Waals surface area (Å²) in [5.74, 6) is -3.49. The monoisotopic (exact) mass is 650 g/mol. The van der Waals surface area contributed by atoms with Crippen molar-refractivity contribution in [2.24, 2.45) is 5.92 Å². The number of hydrogen-bond donors (Lipinski definition) is 3. The first-order valence-corrected chi connectivity index (χ1v) is 14.8. The van der Waals surface area contributed by atoms with E-state index in [1.54, 1.807) is 58.9 Å². The normalized spacial score (nSPS) is 12.2. The number of amides is 4. The summed E-state index contributed by atoms with van der Waals surface area (Å²) in [6.07, 6.45) is -2.41. The van der Waals surface area contributed by atoms with E-state index in [0.29, 0.717) is 0 Å². The third-order valence-electron chi connectivity index (χ3n) is 5.93. The molecular formula is C31H46N4O11. The van der Waals surface area contributed by atoms with Crippen LogP contribution in [0.2, 0.25) is 0 Å². The molecule has 2 atom stereocenters. The van der Waals surface area contributed by atoms with E-state index in [1.165, 1.54) is 7.05 Å². The molecule has 46 heavy (non-hydrogen) atoms. The molecule has 0 spiro atoms. The second kappa shape index (κ2) is 19.6. The summed E-state index contributed by atoms with van der Waals surface area (Å²) in [5, 5.41) is 7.64. The number of ether oxygens (including phenoxy) is 4. The SMILES string of the molecule is COC(=O)[C@@H](CCC(=O)N(C)CC(=O)OC(=O)OCC(C)C)NC(=O)CCNC(=O)[C@H](Cc1ccccc1)NC(=O)OC(C)(C)C. The fourth-order valence-electron chi connectivity index (χ4n) is 3.72. The molecule has 3 N–H and O–H groups in total. The van der Waals surface area contributed by atoms with E-state index in [4.69, 9.17) is 14.2 Å². The minimum absolute atomic E-state index is 0.0410. The van der Waals surface area contributed by atoms with Crippen LogP contribution in [-0.4, -0.2) is 98.3 Å². The van der Waals surface area contributed by atoms with Crippen molar-refractivity contribution in [1.82, 2.24) is 20.9 Å². The van der Waals surface area contributed by atoms with Crippen molar-refractivity contribution >= 4 is 41.9 Å². The van der Waals surface area contributed by atoms with Gasteiger partial charge in [0.2, 0.25) is 17.7 Å². The van der Waals surface area contributed by atoms with Gasteiger partial charge in [0.25, 0.3) is 0 Å². The summed E-state index contributed by atoms with van der Waals surface area (Å²) >= 11 is 0. The van der Waals surface area contributed by atoms with E-state index in [1.807, 2.05) is 6.07 Å². The minimum Gasteiger partial charge on any atom is -0.467 e. The van der Waals surface area contributed by atoms with Gasteiger partial charge in [-0.3, -0.25) is 14.4 Å². The van der Waals surface area contributed by atoms with Gasteiger partial charge in [-0.2, -0.15) is 0 Å². The quantitative estimate of drug-likeness (QED) is 0.134. The summed E-state index contributed by atoms with van der Waals surface area (Å²) in [6, 6.07) is 6.84. The Labute approximate surface area is 269 Å². The highest BCUT2D eigenvalue weighted by Crippen LogP contribution is 2.09. The Hall–Kier alpha value is -4.69. The van der Waals surface area contributed by atoms with Gasteiger partial charge in [-0.15, -0.1) is 0 Å². The molecule has 0 saturated carbocycles. The molecule has 0 saturated heterocycles. The van der Waals surface area contributed by atoms with Crippen molar-refractivity contribution < 1.29 is 52.5 Å². The van der Waals surface area contributed by atoms with Gasteiger partial charge in [0.1, 0.15) is 24.2 Å². The molecule has 1 rings (SSSR count). The minimum atomic E-state index is -1.19. The van der Waals surface area contributed by atoms with Crippen LogP contribution < -0.4 is 16.0 Å². The van der Waals surface area contributed by atoms with Crippen molar-refractivity contribution in [2.45, 2.75) is 78.0 Å². The number of likely N-dealkylation sites (N-methyl/N-ethyl adjacent to an activating group) is 1. The molecule has 4 amide bonds. The molecule has 0 aliphatic carbocycles. The Bertz CT molecular complexity index is 1200. The van der Waals surface area contributed by atoms with Crippen molar-refractivity contribution in [1.29, 1.82) is 0 Å². The first kappa shape index (κ1) is 39.3. The summed E-state index contributed by atoms with van der Waals surface area (Å²) in [6.45, 7) is 8.09. The van der Waals surface area contributed by atoms with E-state index in [9.17, 15) is 33.6 Å². The molecule has 256 valence electrons. The molecule has 1 aromatic rings. The average molecular weight is 651 g/mol. The molecule has 15 nitrogen and oxygen atoms in total. The molecule has 0 unspecified atom stereocenters. The number of carbonyl (C=O) groups excluding carboxylic acids is 7. The van der Waals surface area contributed by atoms with Gasteiger partial charge in [0.15, 0.2) is 0 Å². The Morgan fingerprint density at radius 3 is 2.15 bits per heavy atom. The Morgan fingerprint density at radius 2 is 1.57 bits per heavy atom. The van der Waals surface area contributed by atoms with Crippen LogP contribution in [0.4, 0.5) is 9.59 Å². The van der Waals surface area contributed by atoms with Gasteiger partial charge in [-0.25, -0.2) is 19.2 Å². The van der Waals surface area contributed by atoms with E-state index >= 15 is 0 Å². The number of carbonyl (C=O) groups is 7.